The van der Waals surface area contributed by atoms with Crippen LogP contribution in [0.3, 0.4) is 0 Å². The van der Waals surface area contributed by atoms with E-state index in [0.29, 0.717) is 13.0 Å². The summed E-state index contributed by atoms with van der Waals surface area (Å²) in [6.07, 6.45) is -0.402. The van der Waals surface area contributed by atoms with E-state index in [-0.39, 0.29) is 0 Å². The SMILES string of the molecule is [2H][C@H]1CCN[C@]1([2H])C(=O)O. The summed E-state index contributed by atoms with van der Waals surface area (Å²) < 4.78 is 14.4. The van der Waals surface area contributed by atoms with E-state index in [1.165, 1.54) is 0 Å². The predicted octanol–water partition coefficient (Wildman–Crippen LogP) is -0.177. The Kier molecular flexibility index (Phi) is 0.921. The van der Waals surface area contributed by atoms with Gasteiger partial charge in [0.05, 0.1) is 1.37 Å². The molecule has 0 aliphatic carbocycles. The molecule has 1 aliphatic heterocycles. The lowest BCUT2D eigenvalue weighted by Gasteiger charge is -1.99. The summed E-state index contributed by atoms with van der Waals surface area (Å²) in [5, 5.41) is 10.9. The average Bonchev–Trinajstić information content (AvgIpc) is 2.15. The fourth-order valence-electron chi connectivity index (χ4n) is 0.658. The van der Waals surface area contributed by atoms with Gasteiger partial charge in [-0.05, 0) is 19.4 Å². The van der Waals surface area contributed by atoms with Crippen LogP contribution in [0.15, 0.2) is 0 Å². The van der Waals surface area contributed by atoms with E-state index >= 15 is 0 Å². The zero-order valence-electron chi connectivity index (χ0n) is 6.35. The second-order valence-corrected chi connectivity index (χ2v) is 1.64. The Labute approximate surface area is 50.5 Å². The molecular weight excluding hydrogens is 106 g/mol. The summed E-state index contributed by atoms with van der Waals surface area (Å²) in [6, 6.07) is -1.76. The normalized spacial score (nSPS) is 50.2. The second-order valence-electron chi connectivity index (χ2n) is 1.64. The average molecular weight is 117 g/mol. The first-order valence-corrected chi connectivity index (χ1v) is 2.48. The quantitative estimate of drug-likeness (QED) is 0.501. The molecule has 3 heteroatoms. The highest BCUT2D eigenvalue weighted by molar-refractivity contribution is 5.73. The summed E-state index contributed by atoms with van der Waals surface area (Å²) in [7, 11) is 0. The Morgan fingerprint density at radius 3 is 3.12 bits per heavy atom. The third-order valence-corrected chi connectivity index (χ3v) is 1.04. The standard InChI is InChI=1S/C5H9NO2/c7-5(8)4-2-1-3-6-4/h4,6H,1-3H2,(H,7,8)/t4-/m0/s1/i2D,4D/t2-,4-. The maximum absolute atomic E-state index is 10.4. The molecule has 0 unspecified atom stereocenters. The van der Waals surface area contributed by atoms with E-state index in [0.717, 1.165) is 0 Å². The number of hydrogen-bond donors (Lipinski definition) is 2. The van der Waals surface area contributed by atoms with E-state index < -0.39 is 18.4 Å². The predicted molar refractivity (Wildman–Crippen MR) is 28.7 cm³/mol. The Bertz CT molecular complexity index is 164. The first-order chi connectivity index (χ1) is 4.57. The number of rotatable bonds is 1. The van der Waals surface area contributed by atoms with Gasteiger partial charge in [0, 0.05) is 1.37 Å². The Morgan fingerprint density at radius 1 is 2.12 bits per heavy atom. The van der Waals surface area contributed by atoms with Crippen molar-refractivity contribution < 1.29 is 12.6 Å². The van der Waals surface area contributed by atoms with Gasteiger partial charge >= 0.3 is 5.97 Å². The van der Waals surface area contributed by atoms with Crippen molar-refractivity contribution in [2.75, 3.05) is 6.54 Å². The monoisotopic (exact) mass is 117 g/mol. The van der Waals surface area contributed by atoms with Crippen LogP contribution in [-0.2, 0) is 4.79 Å². The molecule has 8 heavy (non-hydrogen) atoms. The minimum atomic E-state index is -1.76. The van der Waals surface area contributed by atoms with Gasteiger partial charge in [0.1, 0.15) is 6.02 Å². The van der Waals surface area contributed by atoms with Gasteiger partial charge < -0.3 is 10.4 Å². The highest BCUT2D eigenvalue weighted by atomic mass is 16.4. The Morgan fingerprint density at radius 2 is 2.88 bits per heavy atom. The topological polar surface area (TPSA) is 49.3 Å². The zero-order valence-corrected chi connectivity index (χ0v) is 4.35. The van der Waals surface area contributed by atoms with Crippen molar-refractivity contribution in [1.29, 1.82) is 0 Å². The lowest BCUT2D eigenvalue weighted by molar-refractivity contribution is -0.139. The van der Waals surface area contributed by atoms with Gasteiger partial charge in [0.25, 0.3) is 0 Å². The van der Waals surface area contributed by atoms with Crippen LogP contribution in [-0.4, -0.2) is 23.6 Å². The van der Waals surface area contributed by atoms with Gasteiger partial charge in [0.2, 0.25) is 0 Å². The molecule has 1 aliphatic rings. The van der Waals surface area contributed by atoms with Crippen LogP contribution in [0.5, 0.6) is 0 Å². The summed E-state index contributed by atoms with van der Waals surface area (Å²) in [5.74, 6) is -1.26. The van der Waals surface area contributed by atoms with Crippen molar-refractivity contribution in [2.24, 2.45) is 0 Å². The molecule has 1 saturated heterocycles. The number of aliphatic carboxylic acids is 1. The molecular formula is C5H9NO2. The van der Waals surface area contributed by atoms with Crippen LogP contribution < -0.4 is 5.32 Å². The summed E-state index contributed by atoms with van der Waals surface area (Å²) in [5.41, 5.74) is 0. The molecule has 46 valence electrons. The number of carboxylic acids is 1. The van der Waals surface area contributed by atoms with Crippen LogP contribution in [0.2, 0.25) is 0 Å². The zero-order chi connectivity index (χ0) is 7.78. The third kappa shape index (κ3) is 0.980. The van der Waals surface area contributed by atoms with E-state index in [1.54, 1.807) is 0 Å². The molecule has 2 N–H and O–H groups in total. The third-order valence-electron chi connectivity index (χ3n) is 1.04. The van der Waals surface area contributed by atoms with E-state index in [2.05, 4.69) is 5.32 Å². The molecule has 0 aromatic heterocycles. The fraction of sp³-hybridized carbons (Fsp3) is 0.800. The number of nitrogens with one attached hydrogen (secondary N) is 1. The summed E-state index contributed by atoms with van der Waals surface area (Å²) >= 11 is 0. The van der Waals surface area contributed by atoms with Gasteiger partial charge in [-0.2, -0.15) is 0 Å². The molecule has 3 nitrogen and oxygen atoms in total. The lowest BCUT2D eigenvalue weighted by atomic mass is 10.2. The van der Waals surface area contributed by atoms with Gasteiger partial charge in [-0.25, -0.2) is 0 Å². The molecule has 0 amide bonds. The maximum atomic E-state index is 10.4. The maximum Gasteiger partial charge on any atom is 0.320 e. The van der Waals surface area contributed by atoms with E-state index in [4.69, 9.17) is 7.85 Å². The van der Waals surface area contributed by atoms with Gasteiger partial charge in [-0.15, -0.1) is 0 Å². The highest BCUT2D eigenvalue weighted by Crippen LogP contribution is 2.03. The van der Waals surface area contributed by atoms with Crippen molar-refractivity contribution in [3.8, 4) is 0 Å². The van der Waals surface area contributed by atoms with Crippen molar-refractivity contribution in [2.45, 2.75) is 18.8 Å². The molecule has 0 aromatic rings. The molecule has 0 aromatic carbocycles. The van der Waals surface area contributed by atoms with Crippen LogP contribution in [0.4, 0.5) is 0 Å². The fourth-order valence-corrected chi connectivity index (χ4v) is 0.658. The molecule has 0 radical (unpaired) electrons. The minimum absolute atomic E-state index is 0.440. The molecule has 1 heterocycles. The van der Waals surface area contributed by atoms with Crippen LogP contribution in [0.1, 0.15) is 15.6 Å². The van der Waals surface area contributed by atoms with E-state index in [1.807, 2.05) is 0 Å². The molecule has 2 atom stereocenters. The molecule has 1 fully saturated rings. The lowest BCUT2D eigenvalue weighted by Crippen LogP contribution is -2.29. The van der Waals surface area contributed by atoms with Crippen LogP contribution in [0, 0.1) is 0 Å². The Balaban J connectivity index is 2.75. The Hall–Kier alpha value is -0.570. The number of carbonyl (C=O) groups is 1. The first-order valence-electron chi connectivity index (χ1n) is 3.56. The number of hydrogen-bond acceptors (Lipinski definition) is 2. The van der Waals surface area contributed by atoms with Gasteiger partial charge in [-0.1, -0.05) is 0 Å². The largest absolute Gasteiger partial charge is 0.480 e. The molecule has 1 rings (SSSR count). The number of carboxylic acid groups (broad SMARTS) is 1. The first kappa shape index (κ1) is 3.45. The van der Waals surface area contributed by atoms with E-state index in [9.17, 15) is 4.79 Å². The van der Waals surface area contributed by atoms with Gasteiger partial charge in [0.15, 0.2) is 0 Å². The molecule has 0 saturated carbocycles. The molecule has 0 spiro atoms. The highest BCUT2D eigenvalue weighted by Gasteiger charge is 2.20. The van der Waals surface area contributed by atoms with Crippen molar-refractivity contribution in [3.05, 3.63) is 0 Å². The van der Waals surface area contributed by atoms with Crippen LogP contribution in [0.25, 0.3) is 0 Å². The van der Waals surface area contributed by atoms with Gasteiger partial charge in [-0.3, -0.25) is 4.79 Å². The van der Waals surface area contributed by atoms with Crippen molar-refractivity contribution in [1.82, 2.24) is 5.32 Å². The summed E-state index contributed by atoms with van der Waals surface area (Å²) in [6.45, 7) is 0.448. The smallest absolute Gasteiger partial charge is 0.320 e. The second kappa shape index (κ2) is 2.13. The van der Waals surface area contributed by atoms with Crippen molar-refractivity contribution >= 4 is 5.97 Å². The minimum Gasteiger partial charge on any atom is -0.480 e. The summed E-state index contributed by atoms with van der Waals surface area (Å²) in [4.78, 5) is 10.4. The molecule has 0 bridgehead atoms. The van der Waals surface area contributed by atoms with Crippen molar-refractivity contribution in [3.63, 3.8) is 0 Å². The van der Waals surface area contributed by atoms with Crippen LogP contribution >= 0.6 is 0 Å².